The van der Waals surface area contributed by atoms with Gasteiger partial charge in [-0.3, -0.25) is 20.9 Å². The zero-order valence-electron chi connectivity index (χ0n) is 20.9. The first-order valence-electron chi connectivity index (χ1n) is 12.7. The molecular weight excluding hydrogens is 468 g/mol. The number of carbonyl (C=O) groups is 2. The molecule has 2 fully saturated rings. The predicted octanol–water partition coefficient (Wildman–Crippen LogP) is 2.91. The molecule has 1 saturated heterocycles. The Bertz CT molecular complexity index is 1550. The maximum Gasteiger partial charge on any atom is 0.278 e. The SMILES string of the molecule is C=NC(=O)c1cc(C(=O)N2CCC[C@@H](NN)C2)cc2nc(-c3cc4cccnc4n3CC3CC3)n(C)c12. The number of fused-ring (bicyclic) bond motifs is 2. The first-order valence-corrected chi connectivity index (χ1v) is 12.7. The standard InChI is InChI=1S/C27H30N8O2/c1-29-26(36)20-11-18(27(37)34-10-4-6-19(15-34)32-28)12-21-23(20)33(2)25(31-21)22-13-17-5-3-9-30-24(17)35(22)14-16-7-8-16/h3,5,9,11-13,16,19,32H,1,4,6-8,10,14-15,28H2,2H3/t19-/m1/s1. The van der Waals surface area contributed by atoms with Crippen molar-refractivity contribution in [2.75, 3.05) is 13.1 Å². The number of carbonyl (C=O) groups excluding carboxylic acids is 2. The van der Waals surface area contributed by atoms with E-state index in [1.54, 1.807) is 23.2 Å². The quantitative estimate of drug-likeness (QED) is 0.239. The number of piperidine rings is 1. The topological polar surface area (TPSA) is 123 Å². The summed E-state index contributed by atoms with van der Waals surface area (Å²) in [5.74, 6) is 6.34. The number of rotatable bonds is 6. The van der Waals surface area contributed by atoms with Crippen molar-refractivity contribution < 1.29 is 9.59 Å². The minimum atomic E-state index is -0.491. The van der Waals surface area contributed by atoms with Crippen LogP contribution in [0.15, 0.2) is 41.5 Å². The van der Waals surface area contributed by atoms with Gasteiger partial charge in [0.05, 0.1) is 22.3 Å². The molecule has 10 nitrogen and oxygen atoms in total. The van der Waals surface area contributed by atoms with Gasteiger partial charge < -0.3 is 14.0 Å². The minimum absolute atomic E-state index is 0.0424. The van der Waals surface area contributed by atoms with Crippen LogP contribution >= 0.6 is 0 Å². The van der Waals surface area contributed by atoms with Crippen LogP contribution in [0.25, 0.3) is 33.6 Å². The molecular formula is C27H30N8O2. The highest BCUT2D eigenvalue weighted by atomic mass is 16.2. The van der Waals surface area contributed by atoms with Crippen molar-refractivity contribution in [2.45, 2.75) is 38.3 Å². The fraction of sp³-hybridized carbons (Fsp3) is 0.370. The first-order chi connectivity index (χ1) is 18.0. The van der Waals surface area contributed by atoms with Crippen LogP contribution in [0.5, 0.6) is 0 Å². The van der Waals surface area contributed by atoms with E-state index in [9.17, 15) is 9.59 Å². The number of nitrogens with one attached hydrogen (secondary N) is 1. The van der Waals surface area contributed by atoms with Crippen molar-refractivity contribution in [1.29, 1.82) is 0 Å². The smallest absolute Gasteiger partial charge is 0.278 e. The van der Waals surface area contributed by atoms with Gasteiger partial charge in [-0.2, -0.15) is 0 Å². The molecule has 0 bridgehead atoms. The Morgan fingerprint density at radius 3 is 2.84 bits per heavy atom. The molecule has 0 spiro atoms. The van der Waals surface area contributed by atoms with Gasteiger partial charge in [-0.1, -0.05) is 0 Å². The van der Waals surface area contributed by atoms with E-state index in [-0.39, 0.29) is 11.9 Å². The average molecular weight is 499 g/mol. The van der Waals surface area contributed by atoms with Gasteiger partial charge in [-0.25, -0.2) is 15.0 Å². The molecule has 37 heavy (non-hydrogen) atoms. The highest BCUT2D eigenvalue weighted by molar-refractivity contribution is 6.10. The van der Waals surface area contributed by atoms with E-state index >= 15 is 0 Å². The number of hydrazine groups is 1. The number of aromatic nitrogens is 4. The number of hydrogen-bond acceptors (Lipinski definition) is 6. The molecule has 3 N–H and O–H groups in total. The normalized spacial score (nSPS) is 18.0. The molecule has 1 saturated carbocycles. The number of likely N-dealkylation sites (tertiary alicyclic amines) is 1. The second kappa shape index (κ2) is 9.20. The lowest BCUT2D eigenvalue weighted by atomic mass is 10.0. The number of aryl methyl sites for hydroxylation is 1. The van der Waals surface area contributed by atoms with Gasteiger partial charge >= 0.3 is 0 Å². The highest BCUT2D eigenvalue weighted by Crippen LogP contribution is 2.36. The second-order valence-electron chi connectivity index (χ2n) is 10.1. The van der Waals surface area contributed by atoms with Crippen LogP contribution in [-0.4, -0.2) is 61.7 Å². The molecule has 6 rings (SSSR count). The van der Waals surface area contributed by atoms with Gasteiger partial charge in [-0.15, -0.1) is 0 Å². The van der Waals surface area contributed by atoms with Crippen LogP contribution < -0.4 is 11.3 Å². The van der Waals surface area contributed by atoms with E-state index in [4.69, 9.17) is 10.8 Å². The predicted molar refractivity (Wildman–Crippen MR) is 142 cm³/mol. The second-order valence-corrected chi connectivity index (χ2v) is 10.1. The molecule has 0 unspecified atom stereocenters. The number of nitrogens with two attached hydrogens (primary N) is 1. The van der Waals surface area contributed by atoms with Crippen LogP contribution in [-0.2, 0) is 13.6 Å². The lowest BCUT2D eigenvalue weighted by molar-refractivity contribution is 0.0695. The Hall–Kier alpha value is -3.89. The van der Waals surface area contributed by atoms with Crippen molar-refractivity contribution in [1.82, 2.24) is 29.4 Å². The Labute approximate surface area is 214 Å². The Morgan fingerprint density at radius 1 is 1.24 bits per heavy atom. The molecule has 0 radical (unpaired) electrons. The van der Waals surface area contributed by atoms with Gasteiger partial charge in [0.2, 0.25) is 0 Å². The van der Waals surface area contributed by atoms with Gasteiger partial charge in [0, 0.05) is 49.9 Å². The fourth-order valence-electron chi connectivity index (χ4n) is 5.45. The molecule has 3 aromatic heterocycles. The maximum absolute atomic E-state index is 13.5. The summed E-state index contributed by atoms with van der Waals surface area (Å²) in [5, 5.41) is 1.04. The summed E-state index contributed by atoms with van der Waals surface area (Å²) in [4.78, 5) is 41.4. The van der Waals surface area contributed by atoms with E-state index in [0.29, 0.717) is 47.0 Å². The molecule has 1 atom stereocenters. The lowest BCUT2D eigenvalue weighted by Gasteiger charge is -2.32. The minimum Gasteiger partial charge on any atom is -0.337 e. The molecule has 1 aromatic carbocycles. The molecule has 4 heterocycles. The molecule has 10 heteroatoms. The van der Waals surface area contributed by atoms with Gasteiger partial charge in [0.15, 0.2) is 5.82 Å². The third-order valence-electron chi connectivity index (χ3n) is 7.56. The number of benzene rings is 1. The van der Waals surface area contributed by atoms with Gasteiger partial charge in [-0.05, 0) is 68.7 Å². The fourth-order valence-corrected chi connectivity index (χ4v) is 5.45. The van der Waals surface area contributed by atoms with Crippen molar-refractivity contribution in [3.63, 3.8) is 0 Å². The van der Waals surface area contributed by atoms with Crippen molar-refractivity contribution >= 4 is 40.6 Å². The zero-order valence-corrected chi connectivity index (χ0v) is 20.9. The third-order valence-corrected chi connectivity index (χ3v) is 7.56. The summed E-state index contributed by atoms with van der Waals surface area (Å²) in [6.07, 6.45) is 5.99. The number of hydrogen-bond donors (Lipinski definition) is 2. The summed E-state index contributed by atoms with van der Waals surface area (Å²) < 4.78 is 4.14. The van der Waals surface area contributed by atoms with Crippen molar-refractivity contribution in [3.05, 3.63) is 47.7 Å². The summed E-state index contributed by atoms with van der Waals surface area (Å²) in [5.41, 5.74) is 6.54. The summed E-state index contributed by atoms with van der Waals surface area (Å²) in [7, 11) is 1.89. The van der Waals surface area contributed by atoms with Crippen molar-refractivity contribution in [2.24, 2.45) is 23.8 Å². The van der Waals surface area contributed by atoms with E-state index < -0.39 is 5.91 Å². The van der Waals surface area contributed by atoms with E-state index in [1.165, 1.54) is 12.8 Å². The molecule has 2 amide bonds. The van der Waals surface area contributed by atoms with Crippen LogP contribution in [0.4, 0.5) is 0 Å². The number of imidazole rings is 1. The highest BCUT2D eigenvalue weighted by Gasteiger charge is 2.29. The Kier molecular flexibility index (Phi) is 5.85. The monoisotopic (exact) mass is 498 g/mol. The van der Waals surface area contributed by atoms with Crippen LogP contribution in [0.3, 0.4) is 0 Å². The third kappa shape index (κ3) is 4.11. The summed E-state index contributed by atoms with van der Waals surface area (Å²) >= 11 is 0. The molecule has 2 aliphatic rings. The molecule has 1 aliphatic heterocycles. The number of aliphatic imine (C=N–C) groups is 1. The Morgan fingerprint density at radius 2 is 2.08 bits per heavy atom. The average Bonchev–Trinajstić information content (AvgIpc) is 3.60. The molecule has 4 aromatic rings. The number of nitrogens with zero attached hydrogens (tertiary/aromatic N) is 6. The maximum atomic E-state index is 13.5. The van der Waals surface area contributed by atoms with Crippen molar-refractivity contribution in [3.8, 4) is 11.5 Å². The Balaban J connectivity index is 1.50. The number of pyridine rings is 1. The van der Waals surface area contributed by atoms with Gasteiger partial charge in [0.25, 0.3) is 11.8 Å². The summed E-state index contributed by atoms with van der Waals surface area (Å²) in [6, 6.07) is 9.51. The van der Waals surface area contributed by atoms with E-state index in [0.717, 1.165) is 36.1 Å². The van der Waals surface area contributed by atoms with Gasteiger partial charge in [0.1, 0.15) is 5.65 Å². The van der Waals surface area contributed by atoms with Crippen LogP contribution in [0.1, 0.15) is 46.4 Å². The zero-order chi connectivity index (χ0) is 25.7. The van der Waals surface area contributed by atoms with Crippen LogP contribution in [0, 0.1) is 5.92 Å². The first kappa shape index (κ1) is 23.5. The molecule has 190 valence electrons. The summed E-state index contributed by atoms with van der Waals surface area (Å²) in [6.45, 7) is 5.47. The largest absolute Gasteiger partial charge is 0.337 e. The van der Waals surface area contributed by atoms with Crippen LogP contribution in [0.2, 0.25) is 0 Å². The lowest BCUT2D eigenvalue weighted by Crippen LogP contribution is -2.50. The van der Waals surface area contributed by atoms with E-state index in [2.05, 4.69) is 32.8 Å². The number of amides is 2. The van der Waals surface area contributed by atoms with E-state index in [1.807, 2.05) is 23.7 Å². The molecule has 1 aliphatic carbocycles.